The van der Waals surface area contributed by atoms with E-state index in [9.17, 15) is 4.79 Å². The highest BCUT2D eigenvalue weighted by molar-refractivity contribution is 7.15. The third kappa shape index (κ3) is 2.82. The van der Waals surface area contributed by atoms with E-state index in [1.165, 1.54) is 11.3 Å². The molecular formula is C11H12N4OS. The van der Waals surface area contributed by atoms with Crippen LogP contribution < -0.4 is 5.32 Å². The highest BCUT2D eigenvalue weighted by Crippen LogP contribution is 2.11. The molecule has 0 aliphatic carbocycles. The number of carbonyl (C=O) groups is 1. The van der Waals surface area contributed by atoms with Crippen molar-refractivity contribution in [2.75, 3.05) is 0 Å². The van der Waals surface area contributed by atoms with Crippen molar-refractivity contribution in [3.8, 4) is 6.07 Å². The zero-order valence-corrected chi connectivity index (χ0v) is 10.2. The molecule has 2 heterocycles. The molecule has 0 fully saturated rings. The Morgan fingerprint density at radius 2 is 2.59 bits per heavy atom. The molecule has 0 unspecified atom stereocenters. The number of nitrogens with zero attached hydrogens (tertiary/aromatic N) is 3. The van der Waals surface area contributed by atoms with E-state index in [1.807, 2.05) is 35.2 Å². The molecule has 1 amide bonds. The smallest absolute Gasteiger partial charge is 0.226 e. The number of imidazole rings is 1. The van der Waals surface area contributed by atoms with Crippen molar-refractivity contribution in [2.45, 2.75) is 25.8 Å². The third-order valence-electron chi connectivity index (χ3n) is 2.29. The lowest BCUT2D eigenvalue weighted by Crippen LogP contribution is -2.33. The van der Waals surface area contributed by atoms with Crippen molar-refractivity contribution in [1.29, 1.82) is 5.26 Å². The maximum absolute atomic E-state index is 11.6. The number of rotatable bonds is 4. The SMILES string of the molecule is C[C@H](CC#N)NC(=O)Cc1cn2ccsc2n1. The number of hydrogen-bond acceptors (Lipinski definition) is 4. The van der Waals surface area contributed by atoms with E-state index in [0.717, 1.165) is 10.7 Å². The fourth-order valence-corrected chi connectivity index (χ4v) is 2.26. The Bertz CT molecular complexity index is 537. The topological polar surface area (TPSA) is 70.2 Å². The Kier molecular flexibility index (Phi) is 3.40. The molecule has 0 aromatic carbocycles. The van der Waals surface area contributed by atoms with Crippen LogP contribution in [0.3, 0.4) is 0 Å². The van der Waals surface area contributed by atoms with Gasteiger partial charge in [-0.3, -0.25) is 9.20 Å². The first-order valence-corrected chi connectivity index (χ1v) is 6.14. The highest BCUT2D eigenvalue weighted by Gasteiger charge is 2.10. The Hall–Kier alpha value is -1.87. The first-order valence-electron chi connectivity index (χ1n) is 5.26. The summed E-state index contributed by atoms with van der Waals surface area (Å²) >= 11 is 1.53. The number of fused-ring (bicyclic) bond motifs is 1. The van der Waals surface area contributed by atoms with Gasteiger partial charge >= 0.3 is 0 Å². The van der Waals surface area contributed by atoms with E-state index in [4.69, 9.17) is 5.26 Å². The first kappa shape index (κ1) is 11.6. The Morgan fingerprint density at radius 3 is 3.29 bits per heavy atom. The second-order valence-corrected chi connectivity index (χ2v) is 4.71. The van der Waals surface area contributed by atoms with Crippen LogP contribution in [-0.4, -0.2) is 21.3 Å². The Morgan fingerprint density at radius 1 is 1.76 bits per heavy atom. The molecule has 17 heavy (non-hydrogen) atoms. The third-order valence-corrected chi connectivity index (χ3v) is 3.06. The maximum Gasteiger partial charge on any atom is 0.226 e. The molecule has 2 aromatic heterocycles. The Balaban J connectivity index is 1.95. The van der Waals surface area contributed by atoms with Crippen LogP contribution in [-0.2, 0) is 11.2 Å². The van der Waals surface area contributed by atoms with Crippen molar-refractivity contribution in [2.24, 2.45) is 0 Å². The van der Waals surface area contributed by atoms with Crippen LogP contribution in [0.15, 0.2) is 17.8 Å². The minimum Gasteiger partial charge on any atom is -0.352 e. The largest absolute Gasteiger partial charge is 0.352 e. The van der Waals surface area contributed by atoms with Crippen LogP contribution in [0.2, 0.25) is 0 Å². The molecule has 6 heteroatoms. The first-order chi connectivity index (χ1) is 8.19. The van der Waals surface area contributed by atoms with Gasteiger partial charge in [-0.05, 0) is 6.92 Å². The van der Waals surface area contributed by atoms with Gasteiger partial charge in [-0.2, -0.15) is 5.26 Å². The zero-order chi connectivity index (χ0) is 12.3. The van der Waals surface area contributed by atoms with Gasteiger partial charge in [0.1, 0.15) is 0 Å². The van der Waals surface area contributed by atoms with Crippen LogP contribution in [0.4, 0.5) is 0 Å². The van der Waals surface area contributed by atoms with Crippen molar-refractivity contribution < 1.29 is 4.79 Å². The average molecular weight is 248 g/mol. The summed E-state index contributed by atoms with van der Waals surface area (Å²) in [4.78, 5) is 16.8. The average Bonchev–Trinajstić information content (AvgIpc) is 2.77. The number of nitrogens with one attached hydrogen (secondary N) is 1. The number of amides is 1. The standard InChI is InChI=1S/C11H12N4OS/c1-8(2-3-12)13-10(16)6-9-7-15-4-5-17-11(15)14-9/h4-5,7-8H,2,6H2,1H3,(H,13,16)/t8-/m1/s1. The minimum atomic E-state index is -0.115. The number of thiazole rings is 1. The molecule has 2 aromatic rings. The lowest BCUT2D eigenvalue weighted by atomic mass is 10.2. The molecule has 5 nitrogen and oxygen atoms in total. The van der Waals surface area contributed by atoms with Crippen molar-refractivity contribution in [1.82, 2.24) is 14.7 Å². The van der Waals surface area contributed by atoms with E-state index in [2.05, 4.69) is 10.3 Å². The van der Waals surface area contributed by atoms with Gasteiger partial charge in [-0.25, -0.2) is 4.98 Å². The molecule has 0 aliphatic rings. The van der Waals surface area contributed by atoms with Crippen LogP contribution in [0.25, 0.3) is 4.96 Å². The second kappa shape index (κ2) is 4.97. The number of aromatic nitrogens is 2. The summed E-state index contributed by atoms with van der Waals surface area (Å²) in [6.07, 6.45) is 4.33. The summed E-state index contributed by atoms with van der Waals surface area (Å²) in [7, 11) is 0. The zero-order valence-electron chi connectivity index (χ0n) is 9.38. The summed E-state index contributed by atoms with van der Waals surface area (Å²) in [5, 5.41) is 13.2. The molecule has 0 aliphatic heterocycles. The molecule has 0 radical (unpaired) electrons. The van der Waals surface area contributed by atoms with Crippen LogP contribution in [0.1, 0.15) is 19.0 Å². The normalized spacial score (nSPS) is 12.2. The van der Waals surface area contributed by atoms with E-state index < -0.39 is 0 Å². The van der Waals surface area contributed by atoms with Gasteiger partial charge in [0.05, 0.1) is 24.6 Å². The number of nitriles is 1. The van der Waals surface area contributed by atoms with Gasteiger partial charge in [0.15, 0.2) is 4.96 Å². The van der Waals surface area contributed by atoms with Crippen molar-refractivity contribution in [3.05, 3.63) is 23.5 Å². The molecule has 0 bridgehead atoms. The van der Waals surface area contributed by atoms with Gasteiger partial charge in [-0.1, -0.05) is 0 Å². The summed E-state index contributed by atoms with van der Waals surface area (Å²) in [6.45, 7) is 1.81. The van der Waals surface area contributed by atoms with Crippen molar-refractivity contribution >= 4 is 22.2 Å². The number of hydrogen-bond donors (Lipinski definition) is 1. The molecule has 0 spiro atoms. The predicted octanol–water partition coefficient (Wildman–Crippen LogP) is 1.36. The lowest BCUT2D eigenvalue weighted by Gasteiger charge is -2.08. The summed E-state index contributed by atoms with van der Waals surface area (Å²) in [5.41, 5.74) is 0.749. The molecule has 1 atom stereocenters. The molecule has 0 saturated carbocycles. The molecular weight excluding hydrogens is 236 g/mol. The predicted molar refractivity (Wildman–Crippen MR) is 64.6 cm³/mol. The van der Waals surface area contributed by atoms with Crippen LogP contribution >= 0.6 is 11.3 Å². The fraction of sp³-hybridized carbons (Fsp3) is 0.364. The summed E-state index contributed by atoms with van der Waals surface area (Å²) in [6, 6.07) is 1.91. The van der Waals surface area contributed by atoms with Gasteiger partial charge < -0.3 is 5.32 Å². The van der Waals surface area contributed by atoms with Crippen molar-refractivity contribution in [3.63, 3.8) is 0 Å². The monoisotopic (exact) mass is 248 g/mol. The summed E-state index contributed by atoms with van der Waals surface area (Å²) in [5.74, 6) is -0.0986. The Labute approximate surface area is 103 Å². The van der Waals surface area contributed by atoms with Gasteiger partial charge in [0.2, 0.25) is 5.91 Å². The molecule has 2 rings (SSSR count). The summed E-state index contributed by atoms with van der Waals surface area (Å²) < 4.78 is 1.89. The molecule has 0 saturated heterocycles. The van der Waals surface area contributed by atoms with E-state index in [1.54, 1.807) is 0 Å². The highest BCUT2D eigenvalue weighted by atomic mass is 32.1. The quantitative estimate of drug-likeness (QED) is 0.888. The lowest BCUT2D eigenvalue weighted by molar-refractivity contribution is -0.121. The number of carbonyl (C=O) groups excluding carboxylic acids is 1. The minimum absolute atomic E-state index is 0.0986. The van der Waals surface area contributed by atoms with E-state index >= 15 is 0 Å². The molecule has 88 valence electrons. The van der Waals surface area contributed by atoms with Gasteiger partial charge in [-0.15, -0.1) is 11.3 Å². The van der Waals surface area contributed by atoms with Gasteiger partial charge in [0, 0.05) is 23.8 Å². The molecule has 1 N–H and O–H groups in total. The fourth-order valence-electron chi connectivity index (χ4n) is 1.54. The van der Waals surface area contributed by atoms with E-state index in [-0.39, 0.29) is 18.4 Å². The second-order valence-electron chi connectivity index (χ2n) is 3.83. The van der Waals surface area contributed by atoms with Crippen LogP contribution in [0, 0.1) is 11.3 Å². The van der Waals surface area contributed by atoms with Crippen LogP contribution in [0.5, 0.6) is 0 Å². The maximum atomic E-state index is 11.6. The van der Waals surface area contributed by atoms with Gasteiger partial charge in [0.25, 0.3) is 0 Å². The van der Waals surface area contributed by atoms with E-state index in [0.29, 0.717) is 6.42 Å².